The van der Waals surface area contributed by atoms with Crippen LogP contribution in [0.25, 0.3) is 0 Å². The van der Waals surface area contributed by atoms with Gasteiger partial charge >= 0.3 is 0 Å². The highest BCUT2D eigenvalue weighted by atomic mass is 16.5. The molecule has 0 aliphatic carbocycles. The minimum absolute atomic E-state index is 0.629. The average molecular weight is 255 g/mol. The third-order valence-electron chi connectivity index (χ3n) is 2.41. The van der Waals surface area contributed by atoms with E-state index in [-0.39, 0.29) is 0 Å². The summed E-state index contributed by atoms with van der Waals surface area (Å²) in [5, 5.41) is 3.22. The molecule has 7 heteroatoms. The van der Waals surface area contributed by atoms with Gasteiger partial charge in [0, 0.05) is 25.8 Å². The highest BCUT2D eigenvalue weighted by molar-refractivity contribution is 5.55. The van der Waals surface area contributed by atoms with Crippen LogP contribution in [0.1, 0.15) is 12.0 Å². The maximum Gasteiger partial charge on any atom is 0.148 e. The topological polar surface area (TPSA) is 94.3 Å². The van der Waals surface area contributed by atoms with Crippen molar-refractivity contribution in [3.63, 3.8) is 0 Å². The number of ether oxygens (including phenoxy) is 2. The van der Waals surface area contributed by atoms with Gasteiger partial charge in [-0.1, -0.05) is 0 Å². The first-order valence-electron chi connectivity index (χ1n) is 5.88. The van der Waals surface area contributed by atoms with Gasteiger partial charge in [-0.05, 0) is 13.3 Å². The van der Waals surface area contributed by atoms with Gasteiger partial charge in [0.05, 0.1) is 13.2 Å². The molecule has 0 saturated heterocycles. The summed E-state index contributed by atoms with van der Waals surface area (Å²) in [5.74, 6) is 6.76. The molecule has 1 aromatic rings. The molecule has 0 amide bonds. The Morgan fingerprint density at radius 3 is 2.72 bits per heavy atom. The van der Waals surface area contributed by atoms with Gasteiger partial charge in [-0.2, -0.15) is 0 Å². The van der Waals surface area contributed by atoms with Crippen molar-refractivity contribution in [2.24, 2.45) is 5.84 Å². The zero-order valence-corrected chi connectivity index (χ0v) is 10.9. The molecule has 0 aliphatic rings. The molecule has 0 atom stereocenters. The lowest BCUT2D eigenvalue weighted by Gasteiger charge is -2.10. The van der Waals surface area contributed by atoms with Crippen molar-refractivity contribution in [2.45, 2.75) is 13.3 Å². The summed E-state index contributed by atoms with van der Waals surface area (Å²) in [6, 6.07) is 0. The summed E-state index contributed by atoms with van der Waals surface area (Å²) in [5.41, 5.74) is 3.43. The van der Waals surface area contributed by atoms with Crippen LogP contribution in [0.2, 0.25) is 0 Å². The third-order valence-corrected chi connectivity index (χ3v) is 2.41. The van der Waals surface area contributed by atoms with Crippen LogP contribution in [-0.2, 0) is 9.47 Å². The Labute approximate surface area is 107 Å². The predicted octanol–water partition coefficient (Wildman–Crippen LogP) is 0.536. The normalized spacial score (nSPS) is 10.4. The number of nitrogens with two attached hydrogens (primary N) is 1. The quantitative estimate of drug-likeness (QED) is 0.337. The summed E-state index contributed by atoms with van der Waals surface area (Å²) in [7, 11) is 1.66. The fourth-order valence-electron chi connectivity index (χ4n) is 1.40. The molecule has 102 valence electrons. The lowest BCUT2D eigenvalue weighted by atomic mass is 10.3. The second-order valence-electron chi connectivity index (χ2n) is 3.73. The van der Waals surface area contributed by atoms with Gasteiger partial charge in [0.1, 0.15) is 18.0 Å². The molecule has 1 aromatic heterocycles. The number of hydrazine groups is 1. The van der Waals surface area contributed by atoms with Gasteiger partial charge in [-0.3, -0.25) is 0 Å². The smallest absolute Gasteiger partial charge is 0.148 e. The zero-order chi connectivity index (χ0) is 13.2. The minimum atomic E-state index is 0.629. The molecule has 1 heterocycles. The molecule has 0 unspecified atom stereocenters. The Balaban J connectivity index is 2.23. The predicted molar refractivity (Wildman–Crippen MR) is 70.4 cm³/mol. The molecule has 7 nitrogen and oxygen atoms in total. The number of methoxy groups -OCH3 is 1. The Morgan fingerprint density at radius 1 is 1.22 bits per heavy atom. The van der Waals surface area contributed by atoms with Crippen molar-refractivity contribution in [3.05, 3.63) is 11.9 Å². The van der Waals surface area contributed by atoms with Crippen LogP contribution in [0.4, 0.5) is 11.6 Å². The van der Waals surface area contributed by atoms with Crippen molar-refractivity contribution >= 4 is 11.6 Å². The van der Waals surface area contributed by atoms with Crippen molar-refractivity contribution < 1.29 is 9.47 Å². The Bertz CT molecular complexity index is 348. The highest BCUT2D eigenvalue weighted by Crippen LogP contribution is 2.16. The van der Waals surface area contributed by atoms with Crippen LogP contribution >= 0.6 is 0 Å². The van der Waals surface area contributed by atoms with Crippen molar-refractivity contribution in [1.82, 2.24) is 9.97 Å². The van der Waals surface area contributed by atoms with Crippen molar-refractivity contribution in [2.75, 3.05) is 44.2 Å². The number of nitrogens with one attached hydrogen (secondary N) is 2. The fourth-order valence-corrected chi connectivity index (χ4v) is 1.40. The molecule has 0 fully saturated rings. The largest absolute Gasteiger partial charge is 0.382 e. The first kappa shape index (κ1) is 14.6. The van der Waals surface area contributed by atoms with E-state index in [4.69, 9.17) is 15.3 Å². The van der Waals surface area contributed by atoms with E-state index in [1.54, 1.807) is 7.11 Å². The van der Waals surface area contributed by atoms with Gasteiger partial charge in [0.25, 0.3) is 0 Å². The van der Waals surface area contributed by atoms with E-state index in [9.17, 15) is 0 Å². The number of rotatable bonds is 9. The van der Waals surface area contributed by atoms with Crippen molar-refractivity contribution in [1.29, 1.82) is 0 Å². The van der Waals surface area contributed by atoms with E-state index in [1.807, 2.05) is 6.92 Å². The van der Waals surface area contributed by atoms with Crippen LogP contribution in [0.5, 0.6) is 0 Å². The summed E-state index contributed by atoms with van der Waals surface area (Å²) < 4.78 is 10.2. The molecule has 0 spiro atoms. The Kier molecular flexibility index (Phi) is 7.00. The standard InChI is InChI=1S/C11H21N5O2/c1-9-10(14-8-15-11(9)16-12)13-4-3-5-18-7-6-17-2/h8H,3-7,12H2,1-2H3,(H2,13,14,15,16). The number of aromatic nitrogens is 2. The number of hydrogen-bond acceptors (Lipinski definition) is 7. The first-order chi connectivity index (χ1) is 8.79. The van der Waals surface area contributed by atoms with E-state index < -0.39 is 0 Å². The van der Waals surface area contributed by atoms with Crippen LogP contribution in [0, 0.1) is 6.92 Å². The van der Waals surface area contributed by atoms with E-state index in [2.05, 4.69) is 20.7 Å². The summed E-state index contributed by atoms with van der Waals surface area (Å²) in [6.07, 6.45) is 2.37. The average Bonchev–Trinajstić information content (AvgIpc) is 2.39. The first-order valence-corrected chi connectivity index (χ1v) is 5.88. The monoisotopic (exact) mass is 255 g/mol. The second-order valence-corrected chi connectivity index (χ2v) is 3.73. The molecule has 4 N–H and O–H groups in total. The molecule has 0 aliphatic heterocycles. The minimum Gasteiger partial charge on any atom is -0.382 e. The van der Waals surface area contributed by atoms with E-state index in [0.29, 0.717) is 25.6 Å². The summed E-state index contributed by atoms with van der Waals surface area (Å²) >= 11 is 0. The lowest BCUT2D eigenvalue weighted by molar-refractivity contribution is 0.0705. The van der Waals surface area contributed by atoms with Crippen LogP contribution in [0.15, 0.2) is 6.33 Å². The lowest BCUT2D eigenvalue weighted by Crippen LogP contribution is -2.14. The second kappa shape index (κ2) is 8.62. The van der Waals surface area contributed by atoms with Gasteiger partial charge in [0.2, 0.25) is 0 Å². The molecule has 1 rings (SSSR count). The molecule has 0 aromatic carbocycles. The van der Waals surface area contributed by atoms with Crippen LogP contribution in [-0.4, -0.2) is 43.4 Å². The Hall–Kier alpha value is -1.44. The van der Waals surface area contributed by atoms with E-state index in [1.165, 1.54) is 6.33 Å². The Morgan fingerprint density at radius 2 is 2.00 bits per heavy atom. The van der Waals surface area contributed by atoms with E-state index in [0.717, 1.165) is 24.3 Å². The third kappa shape index (κ3) is 4.82. The van der Waals surface area contributed by atoms with Crippen LogP contribution < -0.4 is 16.6 Å². The molecular formula is C11H21N5O2. The summed E-state index contributed by atoms with van der Waals surface area (Å²) in [4.78, 5) is 8.17. The zero-order valence-electron chi connectivity index (χ0n) is 10.9. The van der Waals surface area contributed by atoms with Gasteiger partial charge in [-0.15, -0.1) is 0 Å². The highest BCUT2D eigenvalue weighted by Gasteiger charge is 2.04. The van der Waals surface area contributed by atoms with E-state index >= 15 is 0 Å². The SMILES string of the molecule is COCCOCCCNc1ncnc(NN)c1C. The molecule has 0 radical (unpaired) electrons. The molecular weight excluding hydrogens is 234 g/mol. The summed E-state index contributed by atoms with van der Waals surface area (Å²) in [6.45, 7) is 4.65. The number of nitrogen functional groups attached to an aromatic ring is 1. The van der Waals surface area contributed by atoms with Crippen molar-refractivity contribution in [3.8, 4) is 0 Å². The van der Waals surface area contributed by atoms with Gasteiger partial charge in [-0.25, -0.2) is 15.8 Å². The maximum atomic E-state index is 5.36. The van der Waals surface area contributed by atoms with Gasteiger partial charge in [0.15, 0.2) is 0 Å². The number of anilines is 2. The fraction of sp³-hybridized carbons (Fsp3) is 0.636. The van der Waals surface area contributed by atoms with Crippen LogP contribution in [0.3, 0.4) is 0 Å². The number of hydrogen-bond donors (Lipinski definition) is 3. The maximum absolute atomic E-state index is 5.36. The van der Waals surface area contributed by atoms with Gasteiger partial charge < -0.3 is 20.2 Å². The molecule has 18 heavy (non-hydrogen) atoms. The molecule has 0 saturated carbocycles. The molecule has 0 bridgehead atoms. The number of nitrogens with zero attached hydrogens (tertiary/aromatic N) is 2.